The molecule has 3 heteroatoms. The lowest BCUT2D eigenvalue weighted by atomic mass is 10.2. The van der Waals surface area contributed by atoms with Crippen LogP contribution < -0.4 is 0 Å². The Labute approximate surface area is 70.5 Å². The molecular formula is C9H10O3. The molecule has 0 amide bonds. The van der Waals surface area contributed by atoms with Crippen LogP contribution in [0.2, 0.25) is 0 Å². The van der Waals surface area contributed by atoms with E-state index in [4.69, 9.17) is 10.4 Å². The maximum Gasteiger partial charge on any atom is 0.115 e. The molecule has 0 atom stereocenters. The predicted molar refractivity (Wildman–Crippen MR) is 45.7 cm³/mol. The van der Waals surface area contributed by atoms with Gasteiger partial charge in [0.1, 0.15) is 12.4 Å². The van der Waals surface area contributed by atoms with E-state index >= 15 is 0 Å². The van der Waals surface area contributed by atoms with E-state index < -0.39 is 0 Å². The van der Waals surface area contributed by atoms with Crippen LogP contribution in [0, 0.1) is 0 Å². The van der Waals surface area contributed by atoms with Crippen molar-refractivity contribution in [2.75, 3.05) is 6.61 Å². The van der Waals surface area contributed by atoms with Crippen molar-refractivity contribution >= 4 is 6.08 Å². The Morgan fingerprint density at radius 1 is 1.25 bits per heavy atom. The maximum atomic E-state index is 8.94. The van der Waals surface area contributed by atoms with E-state index in [1.807, 2.05) is 0 Å². The third-order valence-corrected chi connectivity index (χ3v) is 1.37. The zero-order valence-corrected chi connectivity index (χ0v) is 6.47. The summed E-state index contributed by atoms with van der Waals surface area (Å²) in [6.07, 6.45) is 3.46. The predicted octanol–water partition coefficient (Wildman–Crippen LogP) is 1.89. The number of phenolic OH excluding ortho intramolecular Hbond substituents is 1. The van der Waals surface area contributed by atoms with Crippen molar-refractivity contribution in [3.05, 3.63) is 35.9 Å². The van der Waals surface area contributed by atoms with E-state index in [0.717, 1.165) is 5.56 Å². The number of aromatic hydroxyl groups is 1. The Morgan fingerprint density at radius 3 is 2.50 bits per heavy atom. The minimum atomic E-state index is 0.168. The first-order chi connectivity index (χ1) is 5.83. The van der Waals surface area contributed by atoms with Gasteiger partial charge in [-0.15, -0.1) is 0 Å². The minimum Gasteiger partial charge on any atom is -0.508 e. The molecule has 0 saturated carbocycles. The first kappa shape index (κ1) is 8.77. The first-order valence-corrected chi connectivity index (χ1v) is 3.55. The van der Waals surface area contributed by atoms with Gasteiger partial charge in [0.15, 0.2) is 0 Å². The van der Waals surface area contributed by atoms with E-state index in [9.17, 15) is 0 Å². The zero-order chi connectivity index (χ0) is 8.81. The second-order valence-electron chi connectivity index (χ2n) is 2.29. The highest BCUT2D eigenvalue weighted by atomic mass is 17.1. The zero-order valence-electron chi connectivity index (χ0n) is 6.47. The molecule has 0 spiro atoms. The highest BCUT2D eigenvalue weighted by Gasteiger charge is 1.86. The van der Waals surface area contributed by atoms with Gasteiger partial charge in [-0.3, -0.25) is 5.26 Å². The molecule has 0 aromatic heterocycles. The maximum absolute atomic E-state index is 8.94. The molecule has 3 nitrogen and oxygen atoms in total. The summed E-state index contributed by atoms with van der Waals surface area (Å²) in [7, 11) is 0. The molecule has 0 aliphatic carbocycles. The molecule has 12 heavy (non-hydrogen) atoms. The molecule has 1 aromatic carbocycles. The first-order valence-electron chi connectivity index (χ1n) is 3.55. The van der Waals surface area contributed by atoms with Crippen LogP contribution in [0.1, 0.15) is 5.56 Å². The summed E-state index contributed by atoms with van der Waals surface area (Å²) in [5.74, 6) is 0.241. The molecule has 0 aliphatic heterocycles. The lowest BCUT2D eigenvalue weighted by Crippen LogP contribution is -1.80. The second kappa shape index (κ2) is 4.54. The number of hydrogen-bond acceptors (Lipinski definition) is 3. The van der Waals surface area contributed by atoms with Crippen molar-refractivity contribution < 1.29 is 15.3 Å². The third-order valence-electron chi connectivity index (χ3n) is 1.37. The molecule has 0 aliphatic rings. The summed E-state index contributed by atoms with van der Waals surface area (Å²) >= 11 is 0. The average molecular weight is 166 g/mol. The van der Waals surface area contributed by atoms with Crippen LogP contribution in [0.4, 0.5) is 0 Å². The monoisotopic (exact) mass is 166 g/mol. The van der Waals surface area contributed by atoms with Crippen molar-refractivity contribution in [1.82, 2.24) is 0 Å². The molecule has 64 valence electrons. The summed E-state index contributed by atoms with van der Waals surface area (Å²) in [5, 5.41) is 16.9. The second-order valence-corrected chi connectivity index (χ2v) is 2.29. The van der Waals surface area contributed by atoms with Crippen molar-refractivity contribution in [1.29, 1.82) is 0 Å². The average Bonchev–Trinajstić information content (AvgIpc) is 2.09. The van der Waals surface area contributed by atoms with Crippen LogP contribution in [0.15, 0.2) is 30.3 Å². The third kappa shape index (κ3) is 2.74. The van der Waals surface area contributed by atoms with E-state index in [1.165, 1.54) is 0 Å². The van der Waals surface area contributed by atoms with Gasteiger partial charge in [-0.05, 0) is 17.7 Å². The highest BCUT2D eigenvalue weighted by molar-refractivity contribution is 5.50. The fraction of sp³-hybridized carbons (Fsp3) is 0.111. The topological polar surface area (TPSA) is 49.7 Å². The van der Waals surface area contributed by atoms with E-state index in [0.29, 0.717) is 0 Å². The minimum absolute atomic E-state index is 0.168. The molecule has 2 N–H and O–H groups in total. The van der Waals surface area contributed by atoms with Crippen LogP contribution in [0.3, 0.4) is 0 Å². The Kier molecular flexibility index (Phi) is 3.32. The highest BCUT2D eigenvalue weighted by Crippen LogP contribution is 2.10. The van der Waals surface area contributed by atoms with Crippen molar-refractivity contribution in [2.24, 2.45) is 0 Å². The molecule has 0 saturated heterocycles. The van der Waals surface area contributed by atoms with Gasteiger partial charge in [0, 0.05) is 0 Å². The van der Waals surface area contributed by atoms with Gasteiger partial charge in [-0.25, -0.2) is 4.89 Å². The van der Waals surface area contributed by atoms with E-state index in [2.05, 4.69) is 4.89 Å². The van der Waals surface area contributed by atoms with Gasteiger partial charge in [0.05, 0.1) is 0 Å². The van der Waals surface area contributed by atoms with E-state index in [-0.39, 0.29) is 12.4 Å². The fourth-order valence-electron chi connectivity index (χ4n) is 0.813. The Bertz CT molecular complexity index is 251. The van der Waals surface area contributed by atoms with Gasteiger partial charge in [0.25, 0.3) is 0 Å². The normalized spacial score (nSPS) is 10.8. The fourth-order valence-corrected chi connectivity index (χ4v) is 0.813. The van der Waals surface area contributed by atoms with Crippen LogP contribution in [-0.2, 0) is 4.89 Å². The lowest BCUT2D eigenvalue weighted by molar-refractivity contribution is -0.231. The van der Waals surface area contributed by atoms with Gasteiger partial charge in [-0.2, -0.15) is 0 Å². The lowest BCUT2D eigenvalue weighted by Gasteiger charge is -1.93. The smallest absolute Gasteiger partial charge is 0.115 e. The van der Waals surface area contributed by atoms with Crippen molar-refractivity contribution in [3.63, 3.8) is 0 Å². The SMILES string of the molecule is OOC/C=C/c1ccc(O)cc1. The van der Waals surface area contributed by atoms with Crippen molar-refractivity contribution in [2.45, 2.75) is 0 Å². The summed E-state index contributed by atoms with van der Waals surface area (Å²) in [4.78, 5) is 3.85. The molecule has 0 unspecified atom stereocenters. The van der Waals surface area contributed by atoms with Gasteiger partial charge in [0.2, 0.25) is 0 Å². The summed E-state index contributed by atoms with van der Waals surface area (Å²) in [5.41, 5.74) is 0.949. The van der Waals surface area contributed by atoms with Gasteiger partial charge in [-0.1, -0.05) is 24.3 Å². The van der Waals surface area contributed by atoms with Gasteiger partial charge >= 0.3 is 0 Å². The van der Waals surface area contributed by atoms with Crippen LogP contribution in [0.25, 0.3) is 6.08 Å². The Morgan fingerprint density at radius 2 is 1.92 bits per heavy atom. The van der Waals surface area contributed by atoms with Crippen LogP contribution in [-0.4, -0.2) is 17.0 Å². The van der Waals surface area contributed by atoms with E-state index in [1.54, 1.807) is 36.4 Å². The summed E-state index contributed by atoms with van der Waals surface area (Å²) in [6.45, 7) is 0.168. The largest absolute Gasteiger partial charge is 0.508 e. The molecule has 1 aromatic rings. The molecule has 0 bridgehead atoms. The van der Waals surface area contributed by atoms with Crippen LogP contribution in [0.5, 0.6) is 5.75 Å². The molecule has 0 fully saturated rings. The summed E-state index contributed by atoms with van der Waals surface area (Å²) in [6, 6.07) is 6.73. The Hall–Kier alpha value is -1.32. The van der Waals surface area contributed by atoms with Gasteiger partial charge < -0.3 is 5.11 Å². The number of benzene rings is 1. The molecule has 1 rings (SSSR count). The number of rotatable bonds is 3. The Balaban J connectivity index is 2.58. The summed E-state index contributed by atoms with van der Waals surface area (Å²) < 4.78 is 0. The number of hydrogen-bond donors (Lipinski definition) is 2. The van der Waals surface area contributed by atoms with Crippen LogP contribution >= 0.6 is 0 Å². The molecular weight excluding hydrogens is 156 g/mol. The number of phenols is 1. The van der Waals surface area contributed by atoms with Crippen molar-refractivity contribution in [3.8, 4) is 5.75 Å². The molecule has 0 radical (unpaired) electrons. The molecule has 0 heterocycles. The quantitative estimate of drug-likeness (QED) is 0.532. The standard InChI is InChI=1S/C9H10O3/c10-9-5-3-8(4-6-9)2-1-7-12-11/h1-6,10-11H,7H2/b2-1+.